The van der Waals surface area contributed by atoms with Gasteiger partial charge in [-0.1, -0.05) is 5.46 Å². The maximum atomic E-state index is 11.0. The fourth-order valence-corrected chi connectivity index (χ4v) is 0.788. The molecule has 0 bridgehead atoms. The Labute approximate surface area is 65.8 Å². The largest absolute Gasteiger partial charge is 0.465 e. The van der Waals surface area contributed by atoms with Gasteiger partial charge < -0.3 is 4.74 Å². The maximum Gasteiger partial charge on any atom is 0.338 e. The molecule has 0 aliphatic heterocycles. The highest BCUT2D eigenvalue weighted by molar-refractivity contribution is 6.36. The van der Waals surface area contributed by atoms with E-state index in [1.807, 2.05) is 7.85 Å². The molecule has 0 amide bonds. The number of carbonyl (C=O) groups is 1. The Morgan fingerprint density at radius 3 is 3.00 bits per heavy atom. The summed E-state index contributed by atoms with van der Waals surface area (Å²) in [6.07, 6.45) is 3.14. The van der Waals surface area contributed by atoms with Crippen LogP contribution in [0.1, 0.15) is 10.4 Å². The third-order valence-corrected chi connectivity index (χ3v) is 1.44. The van der Waals surface area contributed by atoms with E-state index in [-0.39, 0.29) is 5.97 Å². The molecule has 0 atom stereocenters. The summed E-state index contributed by atoms with van der Waals surface area (Å²) in [6.45, 7) is 0. The summed E-state index contributed by atoms with van der Waals surface area (Å²) >= 11 is 0. The molecular weight excluding hydrogens is 141 g/mol. The number of aromatic nitrogens is 1. The molecule has 0 aromatic carbocycles. The molecule has 0 fully saturated rings. The molecule has 0 aliphatic rings. The molecule has 0 saturated heterocycles. The smallest absolute Gasteiger partial charge is 0.338 e. The van der Waals surface area contributed by atoms with E-state index in [0.717, 1.165) is 5.46 Å². The van der Waals surface area contributed by atoms with Crippen molar-refractivity contribution >= 4 is 19.3 Å². The summed E-state index contributed by atoms with van der Waals surface area (Å²) in [5.74, 6) is -0.337. The van der Waals surface area contributed by atoms with Crippen LogP contribution in [0.3, 0.4) is 0 Å². The highest BCUT2D eigenvalue weighted by Gasteiger charge is 2.06. The second-order valence-electron chi connectivity index (χ2n) is 2.18. The first kappa shape index (κ1) is 7.79. The number of rotatable bonds is 1. The van der Waals surface area contributed by atoms with Crippen molar-refractivity contribution in [3.63, 3.8) is 0 Å². The molecule has 3 nitrogen and oxygen atoms in total. The van der Waals surface area contributed by atoms with Crippen molar-refractivity contribution in [2.24, 2.45) is 0 Å². The second-order valence-corrected chi connectivity index (χ2v) is 2.18. The first-order valence-electron chi connectivity index (χ1n) is 3.24. The molecule has 0 unspecified atom stereocenters. The molecule has 11 heavy (non-hydrogen) atoms. The average Bonchev–Trinajstić information content (AvgIpc) is 2.04. The second kappa shape index (κ2) is 3.19. The monoisotopic (exact) mass is 149 g/mol. The number of methoxy groups -OCH3 is 1. The number of ether oxygens (including phenoxy) is 1. The van der Waals surface area contributed by atoms with Gasteiger partial charge in [-0.15, -0.1) is 0 Å². The highest BCUT2D eigenvalue weighted by atomic mass is 16.5. The van der Waals surface area contributed by atoms with Crippen LogP contribution in [0, 0.1) is 0 Å². The molecular formula is C7H8BNO2. The summed E-state index contributed by atoms with van der Waals surface area (Å²) in [5, 5.41) is 0. The predicted molar refractivity (Wildman–Crippen MR) is 43.8 cm³/mol. The molecule has 0 spiro atoms. The Kier molecular flexibility index (Phi) is 2.26. The summed E-state index contributed by atoms with van der Waals surface area (Å²) in [4.78, 5) is 14.8. The van der Waals surface area contributed by atoms with Crippen LogP contribution >= 0.6 is 0 Å². The van der Waals surface area contributed by atoms with Crippen molar-refractivity contribution in [2.75, 3.05) is 7.11 Å². The van der Waals surface area contributed by atoms with Gasteiger partial charge in [0.15, 0.2) is 0 Å². The van der Waals surface area contributed by atoms with Crippen molar-refractivity contribution in [3.8, 4) is 0 Å². The lowest BCUT2D eigenvalue weighted by Gasteiger charge is -2.00. The normalized spacial score (nSPS) is 9.18. The molecule has 56 valence electrons. The van der Waals surface area contributed by atoms with Crippen molar-refractivity contribution in [1.29, 1.82) is 0 Å². The van der Waals surface area contributed by atoms with Crippen LogP contribution in [0.2, 0.25) is 0 Å². The van der Waals surface area contributed by atoms with Gasteiger partial charge in [0, 0.05) is 12.4 Å². The number of nitrogens with zero attached hydrogens (tertiary/aromatic N) is 1. The Bertz CT molecular complexity index is 275. The lowest BCUT2D eigenvalue weighted by atomic mass is 9.92. The van der Waals surface area contributed by atoms with E-state index in [1.54, 1.807) is 12.3 Å². The lowest BCUT2D eigenvalue weighted by molar-refractivity contribution is 0.0602. The molecule has 1 rings (SSSR count). The van der Waals surface area contributed by atoms with E-state index < -0.39 is 0 Å². The van der Waals surface area contributed by atoms with Crippen molar-refractivity contribution < 1.29 is 9.53 Å². The SMILES string of the molecule is Bc1ccncc1C(=O)OC. The summed E-state index contributed by atoms with van der Waals surface area (Å²) in [7, 11) is 3.20. The highest BCUT2D eigenvalue weighted by Crippen LogP contribution is 1.93. The van der Waals surface area contributed by atoms with E-state index in [0.29, 0.717) is 5.56 Å². The number of carbonyl (C=O) groups excluding carboxylic acids is 1. The van der Waals surface area contributed by atoms with Gasteiger partial charge in [-0.2, -0.15) is 0 Å². The predicted octanol–water partition coefficient (Wildman–Crippen LogP) is -0.873. The van der Waals surface area contributed by atoms with Crippen LogP contribution < -0.4 is 5.46 Å². The van der Waals surface area contributed by atoms with Crippen LogP contribution in [-0.4, -0.2) is 25.9 Å². The topological polar surface area (TPSA) is 39.2 Å². The van der Waals surface area contributed by atoms with E-state index in [1.165, 1.54) is 13.3 Å². The van der Waals surface area contributed by atoms with E-state index >= 15 is 0 Å². The van der Waals surface area contributed by atoms with Gasteiger partial charge in [0.2, 0.25) is 0 Å². The third kappa shape index (κ3) is 1.58. The van der Waals surface area contributed by atoms with E-state index in [9.17, 15) is 4.79 Å². The van der Waals surface area contributed by atoms with Gasteiger partial charge in [0.25, 0.3) is 0 Å². The fraction of sp³-hybridized carbons (Fsp3) is 0.143. The molecule has 0 radical (unpaired) electrons. The first-order valence-corrected chi connectivity index (χ1v) is 3.24. The first-order chi connectivity index (χ1) is 5.25. The van der Waals surface area contributed by atoms with E-state index in [4.69, 9.17) is 0 Å². The maximum absolute atomic E-state index is 11.0. The molecule has 0 saturated carbocycles. The Hall–Kier alpha value is -1.32. The minimum absolute atomic E-state index is 0.337. The molecule has 0 N–H and O–H groups in total. The molecule has 1 heterocycles. The van der Waals surface area contributed by atoms with Crippen molar-refractivity contribution in [2.45, 2.75) is 0 Å². The van der Waals surface area contributed by atoms with Gasteiger partial charge in [-0.05, 0) is 6.07 Å². The zero-order valence-electron chi connectivity index (χ0n) is 6.50. The quantitative estimate of drug-likeness (QED) is 0.384. The fourth-order valence-electron chi connectivity index (χ4n) is 0.788. The zero-order chi connectivity index (χ0) is 8.27. The number of pyridine rings is 1. The summed E-state index contributed by atoms with van der Waals surface area (Å²) in [5.41, 5.74) is 1.40. The standard InChI is InChI=1S/C7H8BNO2/c1-11-7(10)5-4-9-3-2-6(5)8/h2-4H,8H2,1H3. The van der Waals surface area contributed by atoms with Crippen molar-refractivity contribution in [1.82, 2.24) is 4.98 Å². The van der Waals surface area contributed by atoms with Gasteiger partial charge in [-0.25, -0.2) is 4.79 Å². The summed E-state index contributed by atoms with van der Waals surface area (Å²) < 4.78 is 4.54. The Morgan fingerprint density at radius 2 is 2.45 bits per heavy atom. The average molecular weight is 149 g/mol. The Balaban J connectivity index is 3.03. The van der Waals surface area contributed by atoms with Gasteiger partial charge in [-0.3, -0.25) is 4.98 Å². The van der Waals surface area contributed by atoms with Gasteiger partial charge in [0.1, 0.15) is 7.85 Å². The van der Waals surface area contributed by atoms with Crippen LogP contribution in [0.4, 0.5) is 0 Å². The van der Waals surface area contributed by atoms with Gasteiger partial charge >= 0.3 is 5.97 Å². The minimum Gasteiger partial charge on any atom is -0.465 e. The zero-order valence-corrected chi connectivity index (χ0v) is 6.50. The third-order valence-electron chi connectivity index (χ3n) is 1.44. The van der Waals surface area contributed by atoms with Crippen LogP contribution in [0.15, 0.2) is 18.5 Å². The number of esters is 1. The van der Waals surface area contributed by atoms with Crippen molar-refractivity contribution in [3.05, 3.63) is 24.0 Å². The molecule has 0 aliphatic carbocycles. The molecule has 1 aromatic rings. The lowest BCUT2D eigenvalue weighted by Crippen LogP contribution is -2.16. The molecule has 1 aromatic heterocycles. The van der Waals surface area contributed by atoms with E-state index in [2.05, 4.69) is 9.72 Å². The van der Waals surface area contributed by atoms with Gasteiger partial charge in [0.05, 0.1) is 12.7 Å². The van der Waals surface area contributed by atoms with Crippen LogP contribution in [0.25, 0.3) is 0 Å². The number of hydrogen-bond acceptors (Lipinski definition) is 3. The molecule has 4 heteroatoms. The minimum atomic E-state index is -0.337. The summed E-state index contributed by atoms with van der Waals surface area (Å²) in [6, 6.07) is 1.77. The van der Waals surface area contributed by atoms with Crippen LogP contribution in [-0.2, 0) is 4.74 Å². The number of hydrogen-bond donors (Lipinski definition) is 0. The van der Waals surface area contributed by atoms with Crippen LogP contribution in [0.5, 0.6) is 0 Å². The Morgan fingerprint density at radius 1 is 1.73 bits per heavy atom.